The number of carboxylic acids is 2. The van der Waals surface area contributed by atoms with Crippen LogP contribution < -0.4 is 5.32 Å². The van der Waals surface area contributed by atoms with Crippen molar-refractivity contribution in [2.75, 3.05) is 5.32 Å². The van der Waals surface area contributed by atoms with E-state index in [1.54, 1.807) is 24.3 Å². The lowest BCUT2D eigenvalue weighted by Gasteiger charge is -2.15. The number of hydrogen-bond donors (Lipinski definition) is 3. The SMILES string of the molecule is O=C(O)C[C@H](CC(=O)Nc1ccc(C(=O)O)cc1)c1ccccc1. The molecular formula is C18H17NO5. The molecular weight excluding hydrogens is 310 g/mol. The lowest BCUT2D eigenvalue weighted by atomic mass is 9.92. The summed E-state index contributed by atoms with van der Waals surface area (Å²) in [5, 5.41) is 20.5. The summed E-state index contributed by atoms with van der Waals surface area (Å²) in [6.07, 6.45) is -0.119. The first-order valence-electron chi connectivity index (χ1n) is 7.35. The van der Waals surface area contributed by atoms with Gasteiger partial charge in [0.05, 0.1) is 12.0 Å². The van der Waals surface area contributed by atoms with E-state index in [4.69, 9.17) is 10.2 Å². The van der Waals surface area contributed by atoms with Crippen LogP contribution >= 0.6 is 0 Å². The van der Waals surface area contributed by atoms with Gasteiger partial charge in [0.25, 0.3) is 0 Å². The molecule has 6 nitrogen and oxygen atoms in total. The van der Waals surface area contributed by atoms with E-state index in [-0.39, 0.29) is 24.3 Å². The summed E-state index contributed by atoms with van der Waals surface area (Å²) < 4.78 is 0. The van der Waals surface area contributed by atoms with Gasteiger partial charge in [0.1, 0.15) is 0 Å². The van der Waals surface area contributed by atoms with E-state index in [9.17, 15) is 14.4 Å². The molecule has 0 bridgehead atoms. The summed E-state index contributed by atoms with van der Waals surface area (Å²) in [7, 11) is 0. The summed E-state index contributed by atoms with van der Waals surface area (Å²) in [4.78, 5) is 34.0. The van der Waals surface area contributed by atoms with E-state index < -0.39 is 17.9 Å². The maximum Gasteiger partial charge on any atom is 0.335 e. The lowest BCUT2D eigenvalue weighted by molar-refractivity contribution is -0.137. The van der Waals surface area contributed by atoms with Crippen LogP contribution in [0.25, 0.3) is 0 Å². The van der Waals surface area contributed by atoms with Gasteiger partial charge in [0.2, 0.25) is 5.91 Å². The Bertz CT molecular complexity index is 725. The number of carbonyl (C=O) groups excluding carboxylic acids is 1. The quantitative estimate of drug-likeness (QED) is 0.725. The molecule has 0 radical (unpaired) electrons. The molecule has 1 amide bonds. The first-order chi connectivity index (χ1) is 11.5. The van der Waals surface area contributed by atoms with Gasteiger partial charge in [-0.25, -0.2) is 4.79 Å². The first-order valence-corrected chi connectivity index (χ1v) is 7.35. The van der Waals surface area contributed by atoms with Gasteiger partial charge in [-0.1, -0.05) is 30.3 Å². The molecule has 0 saturated carbocycles. The van der Waals surface area contributed by atoms with Gasteiger partial charge in [-0.05, 0) is 29.8 Å². The van der Waals surface area contributed by atoms with E-state index >= 15 is 0 Å². The Morgan fingerprint density at radius 3 is 2.04 bits per heavy atom. The zero-order valence-electron chi connectivity index (χ0n) is 12.8. The highest BCUT2D eigenvalue weighted by atomic mass is 16.4. The molecule has 3 N–H and O–H groups in total. The Morgan fingerprint density at radius 1 is 0.875 bits per heavy atom. The fourth-order valence-corrected chi connectivity index (χ4v) is 2.38. The van der Waals surface area contributed by atoms with Crippen molar-refractivity contribution in [3.63, 3.8) is 0 Å². The summed E-state index contributed by atoms with van der Waals surface area (Å²) in [6.45, 7) is 0. The van der Waals surface area contributed by atoms with Crippen molar-refractivity contribution in [1.29, 1.82) is 0 Å². The summed E-state index contributed by atoms with van der Waals surface area (Å²) in [5.41, 5.74) is 1.38. The Hall–Kier alpha value is -3.15. The summed E-state index contributed by atoms with van der Waals surface area (Å²) >= 11 is 0. The van der Waals surface area contributed by atoms with Crippen LogP contribution in [0.4, 0.5) is 5.69 Å². The molecule has 124 valence electrons. The standard InChI is InChI=1S/C18H17NO5/c20-16(19-15-8-6-13(7-9-15)18(23)24)10-14(11-17(21)22)12-4-2-1-3-5-12/h1-9,14H,10-11H2,(H,19,20)(H,21,22)(H,23,24)/t14-/m0/s1. The third-order valence-corrected chi connectivity index (χ3v) is 3.54. The highest BCUT2D eigenvalue weighted by molar-refractivity contribution is 5.93. The average Bonchev–Trinajstić information content (AvgIpc) is 2.55. The number of rotatable bonds is 7. The minimum Gasteiger partial charge on any atom is -0.481 e. The third kappa shape index (κ3) is 4.95. The van der Waals surface area contributed by atoms with Gasteiger partial charge in [-0.2, -0.15) is 0 Å². The topological polar surface area (TPSA) is 104 Å². The normalized spacial score (nSPS) is 11.5. The fourth-order valence-electron chi connectivity index (χ4n) is 2.38. The fraction of sp³-hybridized carbons (Fsp3) is 0.167. The predicted molar refractivity (Wildman–Crippen MR) is 88.1 cm³/mol. The molecule has 2 aromatic carbocycles. The zero-order valence-corrected chi connectivity index (χ0v) is 12.8. The number of carboxylic acid groups (broad SMARTS) is 2. The summed E-state index contributed by atoms with van der Waals surface area (Å²) in [6, 6.07) is 14.8. The van der Waals surface area contributed by atoms with Crippen molar-refractivity contribution >= 4 is 23.5 Å². The molecule has 0 fully saturated rings. The van der Waals surface area contributed by atoms with Crippen molar-refractivity contribution in [1.82, 2.24) is 0 Å². The van der Waals surface area contributed by atoms with E-state index in [0.717, 1.165) is 5.56 Å². The smallest absolute Gasteiger partial charge is 0.335 e. The molecule has 0 heterocycles. The lowest BCUT2D eigenvalue weighted by Crippen LogP contribution is -2.17. The minimum absolute atomic E-state index is 0.0248. The van der Waals surface area contributed by atoms with E-state index in [1.165, 1.54) is 24.3 Å². The number of hydrogen-bond acceptors (Lipinski definition) is 3. The van der Waals surface area contributed by atoms with Crippen molar-refractivity contribution in [2.45, 2.75) is 18.8 Å². The Labute approximate surface area is 138 Å². The second-order valence-corrected chi connectivity index (χ2v) is 5.34. The number of nitrogens with one attached hydrogen (secondary N) is 1. The Balaban J connectivity index is 2.04. The van der Waals surface area contributed by atoms with Crippen molar-refractivity contribution in [3.05, 3.63) is 65.7 Å². The van der Waals surface area contributed by atoms with Gasteiger partial charge in [0, 0.05) is 18.0 Å². The van der Waals surface area contributed by atoms with Crippen LogP contribution in [0.15, 0.2) is 54.6 Å². The number of aromatic carboxylic acids is 1. The van der Waals surface area contributed by atoms with Crippen LogP contribution in [0, 0.1) is 0 Å². The van der Waals surface area contributed by atoms with Crippen LogP contribution in [0.5, 0.6) is 0 Å². The van der Waals surface area contributed by atoms with Gasteiger partial charge >= 0.3 is 11.9 Å². The number of aliphatic carboxylic acids is 1. The number of benzene rings is 2. The van der Waals surface area contributed by atoms with Crippen LogP contribution in [-0.2, 0) is 9.59 Å². The highest BCUT2D eigenvalue weighted by Crippen LogP contribution is 2.24. The average molecular weight is 327 g/mol. The molecule has 0 unspecified atom stereocenters. The molecule has 0 aromatic heterocycles. The monoisotopic (exact) mass is 327 g/mol. The molecule has 2 aromatic rings. The molecule has 6 heteroatoms. The third-order valence-electron chi connectivity index (χ3n) is 3.54. The first kappa shape index (κ1) is 17.2. The molecule has 0 aliphatic carbocycles. The molecule has 24 heavy (non-hydrogen) atoms. The number of amides is 1. The summed E-state index contributed by atoms with van der Waals surface area (Å²) in [5.74, 6) is -2.77. The van der Waals surface area contributed by atoms with Gasteiger partial charge < -0.3 is 15.5 Å². The van der Waals surface area contributed by atoms with Gasteiger partial charge in [-0.15, -0.1) is 0 Å². The second-order valence-electron chi connectivity index (χ2n) is 5.34. The largest absolute Gasteiger partial charge is 0.481 e. The van der Waals surface area contributed by atoms with Crippen LogP contribution in [0.3, 0.4) is 0 Å². The van der Waals surface area contributed by atoms with E-state index in [0.29, 0.717) is 5.69 Å². The van der Waals surface area contributed by atoms with Crippen LogP contribution in [-0.4, -0.2) is 28.1 Å². The predicted octanol–water partition coefficient (Wildman–Crippen LogP) is 2.97. The number of carbonyl (C=O) groups is 3. The maximum absolute atomic E-state index is 12.2. The Kier molecular flexibility index (Phi) is 5.68. The van der Waals surface area contributed by atoms with E-state index in [1.807, 2.05) is 6.07 Å². The zero-order chi connectivity index (χ0) is 17.5. The molecule has 0 saturated heterocycles. The maximum atomic E-state index is 12.2. The van der Waals surface area contributed by atoms with Gasteiger partial charge in [0.15, 0.2) is 0 Å². The van der Waals surface area contributed by atoms with Gasteiger partial charge in [-0.3, -0.25) is 9.59 Å². The molecule has 0 spiro atoms. The highest BCUT2D eigenvalue weighted by Gasteiger charge is 2.19. The van der Waals surface area contributed by atoms with Crippen LogP contribution in [0.1, 0.15) is 34.7 Å². The van der Waals surface area contributed by atoms with E-state index in [2.05, 4.69) is 5.32 Å². The van der Waals surface area contributed by atoms with Crippen molar-refractivity contribution < 1.29 is 24.6 Å². The molecule has 1 atom stereocenters. The van der Waals surface area contributed by atoms with Crippen molar-refractivity contribution in [2.24, 2.45) is 0 Å². The molecule has 0 aliphatic rings. The van der Waals surface area contributed by atoms with Crippen molar-refractivity contribution in [3.8, 4) is 0 Å². The Morgan fingerprint density at radius 2 is 1.50 bits per heavy atom. The minimum atomic E-state index is -1.04. The number of anilines is 1. The second kappa shape index (κ2) is 7.92. The molecule has 0 aliphatic heterocycles. The van der Waals surface area contributed by atoms with Crippen LogP contribution in [0.2, 0.25) is 0 Å². The molecule has 2 rings (SSSR count).